The number of rotatable bonds is 10. The second-order valence-electron chi connectivity index (χ2n) is 7.84. The van der Waals surface area contributed by atoms with Gasteiger partial charge in [0.25, 0.3) is 0 Å². The number of anilines is 1. The summed E-state index contributed by atoms with van der Waals surface area (Å²) in [6.45, 7) is 5.33. The molecule has 0 bridgehead atoms. The Balaban J connectivity index is 2.40. The number of hydrogen-bond donors (Lipinski definition) is 1. The normalized spacial score (nSPS) is 12.3. The lowest BCUT2D eigenvalue weighted by molar-refractivity contribution is -0.140. The molecule has 1 atom stereocenters. The summed E-state index contributed by atoms with van der Waals surface area (Å²) in [5.41, 5.74) is 1.23. The van der Waals surface area contributed by atoms with Crippen molar-refractivity contribution in [3.63, 3.8) is 0 Å². The molecule has 2 rings (SSSR count). The van der Waals surface area contributed by atoms with Crippen LogP contribution in [0.2, 0.25) is 0 Å². The summed E-state index contributed by atoms with van der Waals surface area (Å²) in [4.78, 5) is 27.8. The third-order valence-corrected chi connectivity index (χ3v) is 6.48. The fourth-order valence-corrected chi connectivity index (χ4v) is 4.42. The molecule has 0 aliphatic rings. The molecular weight excluding hydrogens is 494 g/mol. The number of nitrogens with zero attached hydrogens (tertiary/aromatic N) is 2. The van der Waals surface area contributed by atoms with Crippen LogP contribution in [0, 0.1) is 0 Å². The third kappa shape index (κ3) is 7.34. The minimum absolute atomic E-state index is 0.0829. The van der Waals surface area contributed by atoms with Gasteiger partial charge >= 0.3 is 0 Å². The van der Waals surface area contributed by atoms with Crippen molar-refractivity contribution in [3.8, 4) is 0 Å². The first kappa shape index (κ1) is 25.9. The van der Waals surface area contributed by atoms with E-state index in [9.17, 15) is 18.0 Å². The van der Waals surface area contributed by atoms with Crippen molar-refractivity contribution in [2.45, 2.75) is 45.8 Å². The van der Waals surface area contributed by atoms with Gasteiger partial charge in [0.05, 0.1) is 11.9 Å². The van der Waals surface area contributed by atoms with Crippen molar-refractivity contribution in [1.29, 1.82) is 0 Å². The van der Waals surface area contributed by atoms with Crippen LogP contribution < -0.4 is 9.62 Å². The van der Waals surface area contributed by atoms with Gasteiger partial charge in [-0.3, -0.25) is 13.9 Å². The first-order valence-electron chi connectivity index (χ1n) is 10.4. The molecule has 7 nitrogen and oxygen atoms in total. The smallest absolute Gasteiger partial charge is 0.244 e. The molecule has 0 fully saturated rings. The van der Waals surface area contributed by atoms with Crippen molar-refractivity contribution in [2.75, 3.05) is 17.1 Å². The van der Waals surface area contributed by atoms with Gasteiger partial charge in [0, 0.05) is 17.1 Å². The summed E-state index contributed by atoms with van der Waals surface area (Å²) >= 11 is 3.33. The molecule has 0 radical (unpaired) electrons. The maximum absolute atomic E-state index is 13.5. The lowest BCUT2D eigenvalue weighted by atomic mass is 10.1. The Morgan fingerprint density at radius 1 is 1.03 bits per heavy atom. The second-order valence-corrected chi connectivity index (χ2v) is 10.7. The summed E-state index contributed by atoms with van der Waals surface area (Å²) in [6, 6.07) is 15.2. The van der Waals surface area contributed by atoms with Crippen LogP contribution in [0.15, 0.2) is 59.1 Å². The molecule has 1 N–H and O–H groups in total. The number of amides is 2. The van der Waals surface area contributed by atoms with Crippen LogP contribution in [0.1, 0.15) is 32.8 Å². The summed E-state index contributed by atoms with van der Waals surface area (Å²) in [5, 5.41) is 2.87. The summed E-state index contributed by atoms with van der Waals surface area (Å²) in [6.07, 6.45) is 1.46. The highest BCUT2D eigenvalue weighted by Gasteiger charge is 2.31. The van der Waals surface area contributed by atoms with E-state index in [2.05, 4.69) is 21.2 Å². The molecule has 0 aliphatic carbocycles. The molecule has 0 aliphatic heterocycles. The maximum Gasteiger partial charge on any atom is 0.244 e. The second kappa shape index (κ2) is 11.5. The molecular formula is C23H30BrN3O4S. The quantitative estimate of drug-likeness (QED) is 0.515. The monoisotopic (exact) mass is 523 g/mol. The van der Waals surface area contributed by atoms with Crippen molar-refractivity contribution in [1.82, 2.24) is 10.2 Å². The molecule has 174 valence electrons. The van der Waals surface area contributed by atoms with Crippen LogP contribution in [0.4, 0.5) is 5.69 Å². The van der Waals surface area contributed by atoms with Gasteiger partial charge in [-0.2, -0.15) is 0 Å². The highest BCUT2D eigenvalue weighted by molar-refractivity contribution is 9.10. The van der Waals surface area contributed by atoms with E-state index in [1.165, 1.54) is 4.90 Å². The molecule has 32 heavy (non-hydrogen) atoms. The molecule has 0 aromatic heterocycles. The van der Waals surface area contributed by atoms with Crippen molar-refractivity contribution < 1.29 is 18.0 Å². The van der Waals surface area contributed by atoms with Crippen molar-refractivity contribution in [3.05, 3.63) is 64.6 Å². The first-order valence-corrected chi connectivity index (χ1v) is 13.0. The van der Waals surface area contributed by atoms with Crippen LogP contribution in [-0.2, 0) is 26.2 Å². The summed E-state index contributed by atoms with van der Waals surface area (Å²) in [7, 11) is -3.73. The Labute approximate surface area is 199 Å². The zero-order valence-electron chi connectivity index (χ0n) is 18.8. The number of sulfonamides is 1. The number of hydrogen-bond acceptors (Lipinski definition) is 4. The zero-order valence-corrected chi connectivity index (χ0v) is 21.2. The number of carbonyl (C=O) groups is 2. The fraction of sp³-hybridized carbons (Fsp3) is 0.391. The highest BCUT2D eigenvalue weighted by atomic mass is 79.9. The maximum atomic E-state index is 13.5. The van der Waals surface area contributed by atoms with E-state index >= 15 is 0 Å². The molecule has 0 saturated carbocycles. The Morgan fingerprint density at radius 3 is 2.12 bits per heavy atom. The highest BCUT2D eigenvalue weighted by Crippen LogP contribution is 2.22. The molecule has 9 heteroatoms. The van der Waals surface area contributed by atoms with Gasteiger partial charge in [-0.15, -0.1) is 0 Å². The van der Waals surface area contributed by atoms with Gasteiger partial charge in [-0.25, -0.2) is 8.42 Å². The standard InChI is InChI=1S/C23H30BrN3O4S/c1-5-21(23(29)25-17(2)3)26(15-18-9-7-6-8-10-18)22(28)16-27(32(4,30)31)20-13-11-19(24)12-14-20/h6-14,17,21H,5,15-16H2,1-4H3,(H,25,29)/t21-/m1/s1. The predicted octanol–water partition coefficient (Wildman–Crippen LogP) is 3.55. The van der Waals surface area contributed by atoms with Crippen LogP contribution in [0.25, 0.3) is 0 Å². The van der Waals surface area contributed by atoms with Crippen LogP contribution >= 0.6 is 15.9 Å². The van der Waals surface area contributed by atoms with Gasteiger partial charge in [0.2, 0.25) is 21.8 Å². The number of nitrogens with one attached hydrogen (secondary N) is 1. The minimum Gasteiger partial charge on any atom is -0.352 e. The number of halogens is 1. The Bertz CT molecular complexity index is 1010. The molecule has 0 spiro atoms. The topological polar surface area (TPSA) is 86.8 Å². The SMILES string of the molecule is CC[C@H](C(=O)NC(C)C)N(Cc1ccccc1)C(=O)CN(c1ccc(Br)cc1)S(C)(=O)=O. The molecule has 2 aromatic carbocycles. The summed E-state index contributed by atoms with van der Waals surface area (Å²) < 4.78 is 26.9. The van der Waals surface area contributed by atoms with Gasteiger partial charge < -0.3 is 10.2 Å². The van der Waals surface area contributed by atoms with Gasteiger partial charge in [0.1, 0.15) is 12.6 Å². The minimum atomic E-state index is -3.73. The van der Waals surface area contributed by atoms with Crippen molar-refractivity contribution >= 4 is 43.5 Å². The average Bonchev–Trinajstić information content (AvgIpc) is 2.72. The Hall–Kier alpha value is -2.39. The Kier molecular flexibility index (Phi) is 9.27. The first-order chi connectivity index (χ1) is 15.0. The predicted molar refractivity (Wildman–Crippen MR) is 131 cm³/mol. The lowest BCUT2D eigenvalue weighted by Gasteiger charge is -2.33. The van der Waals surface area contributed by atoms with Crippen molar-refractivity contribution in [2.24, 2.45) is 0 Å². The van der Waals surface area contributed by atoms with Gasteiger partial charge in [0.15, 0.2) is 0 Å². The van der Waals surface area contributed by atoms with Crippen LogP contribution in [0.3, 0.4) is 0 Å². The van der Waals surface area contributed by atoms with Gasteiger partial charge in [-0.1, -0.05) is 53.2 Å². The van der Waals surface area contributed by atoms with E-state index < -0.39 is 28.5 Å². The van der Waals surface area contributed by atoms with Crippen LogP contribution in [0.5, 0.6) is 0 Å². The zero-order chi connectivity index (χ0) is 23.9. The van der Waals surface area contributed by atoms with E-state index in [0.717, 1.165) is 20.6 Å². The van der Waals surface area contributed by atoms with E-state index in [0.29, 0.717) is 12.1 Å². The summed E-state index contributed by atoms with van der Waals surface area (Å²) in [5.74, 6) is -0.714. The molecule has 0 heterocycles. The van der Waals surface area contributed by atoms with E-state index in [4.69, 9.17) is 0 Å². The number of carbonyl (C=O) groups excluding carboxylic acids is 2. The van der Waals surface area contributed by atoms with E-state index in [-0.39, 0.29) is 18.5 Å². The number of benzene rings is 2. The fourth-order valence-electron chi connectivity index (χ4n) is 3.30. The lowest BCUT2D eigenvalue weighted by Crippen LogP contribution is -2.53. The van der Waals surface area contributed by atoms with Gasteiger partial charge in [-0.05, 0) is 50.1 Å². The van der Waals surface area contributed by atoms with E-state index in [1.807, 2.05) is 51.1 Å². The largest absolute Gasteiger partial charge is 0.352 e. The Morgan fingerprint density at radius 2 is 1.62 bits per heavy atom. The third-order valence-electron chi connectivity index (χ3n) is 4.81. The molecule has 0 saturated heterocycles. The van der Waals surface area contributed by atoms with E-state index in [1.54, 1.807) is 24.3 Å². The average molecular weight is 524 g/mol. The molecule has 0 unspecified atom stereocenters. The molecule has 2 amide bonds. The van der Waals surface area contributed by atoms with Crippen LogP contribution in [-0.4, -0.2) is 50.0 Å². The molecule has 2 aromatic rings.